The highest BCUT2D eigenvalue weighted by Crippen LogP contribution is 2.35. The number of carbonyl (C=O) groups excluding carboxylic acids is 1. The summed E-state index contributed by atoms with van der Waals surface area (Å²) in [6.45, 7) is 2.21. The number of anilines is 1. The lowest BCUT2D eigenvalue weighted by molar-refractivity contribution is -0.117. The Morgan fingerprint density at radius 2 is 1.89 bits per heavy atom. The summed E-state index contributed by atoms with van der Waals surface area (Å²) >= 11 is 13.0. The van der Waals surface area contributed by atoms with Crippen LogP contribution >= 0.6 is 23.2 Å². The van der Waals surface area contributed by atoms with Gasteiger partial charge in [0.05, 0.1) is 17.3 Å². The van der Waals surface area contributed by atoms with Crippen LogP contribution in [0.4, 0.5) is 5.69 Å². The van der Waals surface area contributed by atoms with Crippen molar-refractivity contribution >= 4 is 45.7 Å². The topological polar surface area (TPSA) is 90.6 Å². The Labute approximate surface area is 213 Å². The predicted octanol–water partition coefficient (Wildman–Crippen LogP) is 5.32. The monoisotopic (exact) mass is 510 g/mol. The van der Waals surface area contributed by atoms with Gasteiger partial charge in [-0.25, -0.2) is 9.97 Å². The van der Waals surface area contributed by atoms with Crippen LogP contribution in [0.2, 0.25) is 10.0 Å². The highest BCUT2D eigenvalue weighted by molar-refractivity contribution is 6.38. The molecule has 4 aromatic rings. The van der Waals surface area contributed by atoms with Crippen molar-refractivity contribution in [2.45, 2.75) is 20.1 Å². The largest absolute Gasteiger partial charge is 0.487 e. The van der Waals surface area contributed by atoms with E-state index in [1.165, 1.54) is 4.90 Å². The van der Waals surface area contributed by atoms with Crippen molar-refractivity contribution in [2.24, 2.45) is 5.73 Å². The molecule has 0 radical (unpaired) electrons. The first-order valence-electron chi connectivity index (χ1n) is 10.9. The number of nitrogens with zero attached hydrogens (tertiary/aromatic N) is 3. The number of nitrogens with two attached hydrogens (primary N) is 1. The van der Waals surface area contributed by atoms with Crippen LogP contribution in [0.3, 0.4) is 0 Å². The smallest absolute Gasteiger partial charge is 0.240 e. The minimum absolute atomic E-state index is 0.0880. The molecule has 2 aromatic carbocycles. The maximum absolute atomic E-state index is 12.0. The van der Waals surface area contributed by atoms with Crippen molar-refractivity contribution in [3.05, 3.63) is 87.7 Å². The molecule has 0 saturated heterocycles. The van der Waals surface area contributed by atoms with Crippen molar-refractivity contribution in [1.29, 1.82) is 0 Å². The molecular formula is C26H24Cl2N4O3. The number of rotatable bonds is 8. The summed E-state index contributed by atoms with van der Waals surface area (Å²) in [5, 5.41) is 1.67. The fourth-order valence-electron chi connectivity index (χ4n) is 3.65. The van der Waals surface area contributed by atoms with Crippen molar-refractivity contribution in [3.8, 4) is 11.6 Å². The molecule has 0 saturated carbocycles. The number of halogens is 2. The minimum Gasteiger partial charge on any atom is -0.487 e. The fraction of sp³-hybridized carbons (Fsp3) is 0.192. The molecule has 4 rings (SSSR count). The Hall–Kier alpha value is -3.39. The van der Waals surface area contributed by atoms with Gasteiger partial charge >= 0.3 is 0 Å². The fourth-order valence-corrected chi connectivity index (χ4v) is 4.26. The number of fused-ring (bicyclic) bond motifs is 1. The highest BCUT2D eigenvalue weighted by Gasteiger charge is 2.18. The van der Waals surface area contributed by atoms with Gasteiger partial charge in [0.1, 0.15) is 24.5 Å². The van der Waals surface area contributed by atoms with Crippen LogP contribution in [-0.2, 0) is 18.0 Å². The highest BCUT2D eigenvalue weighted by atomic mass is 35.5. The van der Waals surface area contributed by atoms with Gasteiger partial charge in [-0.05, 0) is 37.3 Å². The molecule has 0 bridgehead atoms. The zero-order chi connectivity index (χ0) is 24.9. The number of hydrogen-bond acceptors (Lipinski definition) is 6. The second-order valence-corrected chi connectivity index (χ2v) is 8.62. The molecule has 0 aliphatic heterocycles. The lowest BCUT2D eigenvalue weighted by atomic mass is 10.1. The van der Waals surface area contributed by atoms with E-state index in [0.29, 0.717) is 45.0 Å². The third-order valence-corrected chi connectivity index (χ3v) is 6.25. The maximum Gasteiger partial charge on any atom is 0.240 e. The Balaban J connectivity index is 1.62. The van der Waals surface area contributed by atoms with E-state index in [0.717, 1.165) is 16.6 Å². The second-order valence-electron chi connectivity index (χ2n) is 7.84. The summed E-state index contributed by atoms with van der Waals surface area (Å²) in [5.74, 6) is 0.856. The van der Waals surface area contributed by atoms with Crippen LogP contribution in [0, 0.1) is 6.92 Å². The van der Waals surface area contributed by atoms with E-state index in [2.05, 4.69) is 4.98 Å². The Bertz CT molecular complexity index is 1370. The molecule has 0 unspecified atom stereocenters. The van der Waals surface area contributed by atoms with Gasteiger partial charge in [-0.15, -0.1) is 0 Å². The number of ether oxygens (including phenoxy) is 2. The molecule has 0 atom stereocenters. The summed E-state index contributed by atoms with van der Waals surface area (Å²) in [7, 11) is 1.61. The standard InChI is InChI=1S/C26H24Cl2N4O3/c1-16-12-17(14-35-23-8-3-4-11-30-23)18-6-5-7-22(26(18)31-16)34-15-19-20(27)9-10-21(25(19)28)32(2)24(33)13-29/h3-12H,13-15,29H2,1-2H3. The van der Waals surface area contributed by atoms with E-state index in [4.69, 9.17) is 43.4 Å². The van der Waals surface area contributed by atoms with Gasteiger partial charge in [0, 0.05) is 46.5 Å². The summed E-state index contributed by atoms with van der Waals surface area (Å²) in [4.78, 5) is 22.4. The van der Waals surface area contributed by atoms with Gasteiger partial charge in [0.2, 0.25) is 11.8 Å². The maximum atomic E-state index is 12.0. The molecule has 0 spiro atoms. The van der Waals surface area contributed by atoms with Gasteiger partial charge in [-0.1, -0.05) is 41.4 Å². The number of carbonyl (C=O) groups is 1. The van der Waals surface area contributed by atoms with Gasteiger partial charge in [-0.3, -0.25) is 4.79 Å². The zero-order valence-electron chi connectivity index (χ0n) is 19.3. The molecule has 7 nitrogen and oxygen atoms in total. The first kappa shape index (κ1) is 24.7. The van der Waals surface area contributed by atoms with Crippen molar-refractivity contribution in [2.75, 3.05) is 18.5 Å². The molecule has 0 fully saturated rings. The lowest BCUT2D eigenvalue weighted by Gasteiger charge is -2.20. The number of hydrogen-bond donors (Lipinski definition) is 1. The van der Waals surface area contributed by atoms with Crippen LogP contribution in [0.15, 0.2) is 60.8 Å². The van der Waals surface area contributed by atoms with Crippen LogP contribution in [0.5, 0.6) is 11.6 Å². The molecule has 180 valence electrons. The van der Waals surface area contributed by atoms with E-state index in [9.17, 15) is 4.79 Å². The minimum atomic E-state index is -0.268. The van der Waals surface area contributed by atoms with Gasteiger partial charge in [0.25, 0.3) is 0 Å². The molecular weight excluding hydrogens is 487 g/mol. The number of benzene rings is 2. The third kappa shape index (κ3) is 5.48. The van der Waals surface area contributed by atoms with Gasteiger partial charge in [0.15, 0.2) is 0 Å². The van der Waals surface area contributed by atoms with Crippen molar-refractivity contribution in [3.63, 3.8) is 0 Å². The normalized spacial score (nSPS) is 10.9. The number of pyridine rings is 2. The van der Waals surface area contributed by atoms with Crippen LogP contribution < -0.4 is 20.1 Å². The Morgan fingerprint density at radius 1 is 1.06 bits per heavy atom. The molecule has 2 aromatic heterocycles. The van der Waals surface area contributed by atoms with Crippen LogP contribution in [-0.4, -0.2) is 29.5 Å². The molecule has 2 heterocycles. The predicted molar refractivity (Wildman–Crippen MR) is 138 cm³/mol. The Morgan fingerprint density at radius 3 is 2.63 bits per heavy atom. The summed E-state index contributed by atoms with van der Waals surface area (Å²) in [5.41, 5.74) is 9.05. The number of likely N-dealkylation sites (N-methyl/N-ethyl adjacent to an activating group) is 1. The number of para-hydroxylation sites is 1. The van der Waals surface area contributed by atoms with Gasteiger partial charge < -0.3 is 20.1 Å². The molecule has 1 amide bonds. The van der Waals surface area contributed by atoms with Crippen LogP contribution in [0.25, 0.3) is 10.9 Å². The van der Waals surface area contributed by atoms with E-state index in [-0.39, 0.29) is 19.1 Å². The molecule has 0 aliphatic rings. The first-order chi connectivity index (χ1) is 16.9. The second kappa shape index (κ2) is 10.9. The molecule has 2 N–H and O–H groups in total. The molecule has 35 heavy (non-hydrogen) atoms. The van der Waals surface area contributed by atoms with E-state index >= 15 is 0 Å². The van der Waals surface area contributed by atoms with Crippen LogP contribution in [0.1, 0.15) is 16.8 Å². The molecule has 9 heteroatoms. The Kier molecular flexibility index (Phi) is 7.70. The molecule has 0 aliphatic carbocycles. The number of amides is 1. The lowest BCUT2D eigenvalue weighted by Crippen LogP contribution is -2.32. The summed E-state index contributed by atoms with van der Waals surface area (Å²) < 4.78 is 12.0. The quantitative estimate of drug-likeness (QED) is 0.344. The van der Waals surface area contributed by atoms with E-state index < -0.39 is 0 Å². The van der Waals surface area contributed by atoms with E-state index in [1.807, 2.05) is 49.4 Å². The number of aryl methyl sites for hydroxylation is 1. The summed E-state index contributed by atoms with van der Waals surface area (Å²) in [6, 6.07) is 16.6. The average molecular weight is 511 g/mol. The summed E-state index contributed by atoms with van der Waals surface area (Å²) in [6.07, 6.45) is 1.69. The average Bonchev–Trinajstić information content (AvgIpc) is 2.87. The third-order valence-electron chi connectivity index (χ3n) is 5.48. The number of aromatic nitrogens is 2. The SMILES string of the molecule is Cc1cc(COc2ccccn2)c2cccc(OCc3c(Cl)ccc(N(C)C(=O)CN)c3Cl)c2n1. The first-order valence-corrected chi connectivity index (χ1v) is 11.6. The van der Waals surface area contributed by atoms with Crippen molar-refractivity contribution in [1.82, 2.24) is 9.97 Å². The van der Waals surface area contributed by atoms with Crippen molar-refractivity contribution < 1.29 is 14.3 Å². The zero-order valence-corrected chi connectivity index (χ0v) is 20.8. The van der Waals surface area contributed by atoms with E-state index in [1.54, 1.807) is 25.4 Å². The van der Waals surface area contributed by atoms with Gasteiger partial charge in [-0.2, -0.15) is 0 Å².